The Balaban J connectivity index is 2.72. The molecule has 0 aromatic carbocycles. The van der Waals surface area contributed by atoms with Crippen LogP contribution in [0.4, 0.5) is 0 Å². The van der Waals surface area contributed by atoms with Crippen LogP contribution in [0, 0.1) is 22.7 Å². The fraction of sp³-hybridized carbons (Fsp3) is 0.800. The second kappa shape index (κ2) is 5.75. The lowest BCUT2D eigenvalue weighted by atomic mass is 9.67. The van der Waals surface area contributed by atoms with Crippen LogP contribution in [-0.2, 0) is 4.74 Å². The Bertz CT molecular complexity index is 338. The Morgan fingerprint density at radius 1 is 1.44 bits per heavy atom. The van der Waals surface area contributed by atoms with Crippen molar-refractivity contribution in [2.45, 2.75) is 59.0 Å². The molecule has 0 amide bonds. The van der Waals surface area contributed by atoms with Gasteiger partial charge in [-0.1, -0.05) is 20.8 Å². The molecule has 0 radical (unpaired) electrons. The van der Waals surface area contributed by atoms with E-state index in [9.17, 15) is 5.11 Å². The highest BCUT2D eigenvalue weighted by Crippen LogP contribution is 2.43. The van der Waals surface area contributed by atoms with Crippen LogP contribution in [0.3, 0.4) is 0 Å². The Morgan fingerprint density at radius 2 is 2.00 bits per heavy atom. The van der Waals surface area contributed by atoms with Gasteiger partial charge in [-0.25, -0.2) is 0 Å². The van der Waals surface area contributed by atoms with E-state index in [-0.39, 0.29) is 5.41 Å². The van der Waals surface area contributed by atoms with Crippen LogP contribution in [0.2, 0.25) is 0 Å². The molecule has 3 heteroatoms. The van der Waals surface area contributed by atoms with Gasteiger partial charge in [0.25, 0.3) is 0 Å². The third-order valence-electron chi connectivity index (χ3n) is 4.03. The van der Waals surface area contributed by atoms with E-state index in [0.717, 1.165) is 12.8 Å². The molecule has 0 heterocycles. The molecule has 1 rings (SSSR count). The van der Waals surface area contributed by atoms with E-state index in [2.05, 4.69) is 26.8 Å². The van der Waals surface area contributed by atoms with Gasteiger partial charge in [-0.05, 0) is 43.9 Å². The molecule has 0 aromatic rings. The van der Waals surface area contributed by atoms with E-state index >= 15 is 0 Å². The van der Waals surface area contributed by atoms with Crippen LogP contribution in [0.25, 0.3) is 0 Å². The van der Waals surface area contributed by atoms with Crippen LogP contribution in [0.1, 0.15) is 53.4 Å². The lowest BCUT2D eigenvalue weighted by molar-refractivity contribution is 0.00541. The van der Waals surface area contributed by atoms with Crippen molar-refractivity contribution < 1.29 is 9.84 Å². The molecule has 0 atom stereocenters. The van der Waals surface area contributed by atoms with Crippen molar-refractivity contribution in [3.05, 3.63) is 11.8 Å². The summed E-state index contributed by atoms with van der Waals surface area (Å²) in [7, 11) is 0. The summed E-state index contributed by atoms with van der Waals surface area (Å²) >= 11 is 0. The summed E-state index contributed by atoms with van der Waals surface area (Å²) in [6, 6.07) is 2.09. The first kappa shape index (κ1) is 15.0. The van der Waals surface area contributed by atoms with Gasteiger partial charge >= 0.3 is 0 Å². The minimum atomic E-state index is -0.980. The van der Waals surface area contributed by atoms with E-state index in [1.165, 1.54) is 6.26 Å². The number of rotatable bonds is 3. The maximum atomic E-state index is 10.6. The van der Waals surface area contributed by atoms with Gasteiger partial charge < -0.3 is 9.84 Å². The summed E-state index contributed by atoms with van der Waals surface area (Å²) in [6.45, 7) is 9.10. The molecular formula is C15H25NO2. The first-order valence-corrected chi connectivity index (χ1v) is 6.78. The zero-order valence-electron chi connectivity index (χ0n) is 12.0. The summed E-state index contributed by atoms with van der Waals surface area (Å²) in [4.78, 5) is 0. The van der Waals surface area contributed by atoms with Gasteiger partial charge in [0.05, 0.1) is 18.4 Å². The van der Waals surface area contributed by atoms with Crippen LogP contribution in [0.15, 0.2) is 11.8 Å². The van der Waals surface area contributed by atoms with Gasteiger partial charge in [-0.3, -0.25) is 0 Å². The topological polar surface area (TPSA) is 53.2 Å². The number of hydrogen-bond acceptors (Lipinski definition) is 3. The van der Waals surface area contributed by atoms with Gasteiger partial charge in [0.2, 0.25) is 0 Å². The highest BCUT2D eigenvalue weighted by Gasteiger charge is 2.40. The Kier molecular flexibility index (Phi) is 4.81. The van der Waals surface area contributed by atoms with Gasteiger partial charge in [0, 0.05) is 0 Å². The van der Waals surface area contributed by atoms with E-state index in [1.54, 1.807) is 0 Å². The number of hydrogen-bond donors (Lipinski definition) is 1. The summed E-state index contributed by atoms with van der Waals surface area (Å²) < 4.78 is 5.15. The van der Waals surface area contributed by atoms with Crippen molar-refractivity contribution in [1.82, 2.24) is 0 Å². The first-order chi connectivity index (χ1) is 8.33. The molecule has 0 spiro atoms. The molecule has 102 valence electrons. The monoisotopic (exact) mass is 251 g/mol. The lowest BCUT2D eigenvalue weighted by Crippen LogP contribution is -2.38. The third-order valence-corrected chi connectivity index (χ3v) is 4.03. The second-order valence-corrected chi connectivity index (χ2v) is 6.27. The maximum absolute atomic E-state index is 10.6. The number of nitrogens with zero attached hydrogens (tertiary/aromatic N) is 1. The highest BCUT2D eigenvalue weighted by molar-refractivity contribution is 5.30. The molecule has 3 nitrogen and oxygen atoms in total. The second-order valence-electron chi connectivity index (χ2n) is 6.27. The van der Waals surface area contributed by atoms with Gasteiger partial charge in [0.1, 0.15) is 11.7 Å². The standard InChI is InChI=1S/C15H25NO2/c1-5-18-11-13(10-16)15(17)8-6-12(7-9-15)14(2,3)4/h11-12,17H,5-9H2,1-4H3/b13-11-. The third kappa shape index (κ3) is 3.49. The molecule has 0 saturated heterocycles. The Labute approximate surface area is 110 Å². The van der Waals surface area contributed by atoms with E-state index < -0.39 is 5.60 Å². The normalized spacial score (nSPS) is 29.8. The number of nitriles is 1. The molecule has 18 heavy (non-hydrogen) atoms. The van der Waals surface area contributed by atoms with Gasteiger partial charge in [-0.2, -0.15) is 5.26 Å². The van der Waals surface area contributed by atoms with E-state index in [4.69, 9.17) is 10.00 Å². The maximum Gasteiger partial charge on any atom is 0.103 e. The summed E-state index contributed by atoms with van der Waals surface area (Å²) in [5, 5.41) is 19.7. The van der Waals surface area contributed by atoms with Crippen LogP contribution < -0.4 is 0 Å². The predicted octanol–water partition coefficient (Wildman–Crippen LogP) is 3.40. The zero-order chi connectivity index (χ0) is 13.8. The average molecular weight is 251 g/mol. The molecular weight excluding hydrogens is 226 g/mol. The first-order valence-electron chi connectivity index (χ1n) is 6.78. The number of ether oxygens (including phenoxy) is 1. The van der Waals surface area contributed by atoms with Crippen LogP contribution >= 0.6 is 0 Å². The van der Waals surface area contributed by atoms with Crippen molar-refractivity contribution in [2.24, 2.45) is 11.3 Å². The molecule has 0 bridgehead atoms. The molecule has 1 aliphatic carbocycles. The van der Waals surface area contributed by atoms with Crippen LogP contribution in [-0.4, -0.2) is 17.3 Å². The smallest absolute Gasteiger partial charge is 0.103 e. The van der Waals surface area contributed by atoms with Crippen molar-refractivity contribution >= 4 is 0 Å². The van der Waals surface area contributed by atoms with Crippen LogP contribution in [0.5, 0.6) is 0 Å². The Hall–Kier alpha value is -1.01. The molecule has 0 aromatic heterocycles. The van der Waals surface area contributed by atoms with Gasteiger partial charge in [-0.15, -0.1) is 0 Å². The average Bonchev–Trinajstić information content (AvgIpc) is 2.29. The number of aliphatic hydroxyl groups is 1. The molecule has 1 fully saturated rings. The molecule has 1 aliphatic rings. The minimum absolute atomic E-state index is 0.276. The SMILES string of the molecule is CCO/C=C(/C#N)C1(O)CCC(C(C)(C)C)CC1. The fourth-order valence-electron chi connectivity index (χ4n) is 2.64. The van der Waals surface area contributed by atoms with Crippen molar-refractivity contribution in [3.8, 4) is 6.07 Å². The lowest BCUT2D eigenvalue weighted by Gasteiger charge is -2.40. The largest absolute Gasteiger partial charge is 0.500 e. The van der Waals surface area contributed by atoms with E-state index in [0.29, 0.717) is 30.9 Å². The van der Waals surface area contributed by atoms with Gasteiger partial charge in [0.15, 0.2) is 0 Å². The molecule has 0 aliphatic heterocycles. The predicted molar refractivity (Wildman–Crippen MR) is 71.7 cm³/mol. The quantitative estimate of drug-likeness (QED) is 0.618. The van der Waals surface area contributed by atoms with Crippen molar-refractivity contribution in [2.75, 3.05) is 6.61 Å². The molecule has 1 N–H and O–H groups in total. The highest BCUT2D eigenvalue weighted by atomic mass is 16.5. The molecule has 0 unspecified atom stereocenters. The summed E-state index contributed by atoms with van der Waals surface area (Å²) in [5.41, 5.74) is -0.333. The van der Waals surface area contributed by atoms with E-state index in [1.807, 2.05) is 6.92 Å². The van der Waals surface area contributed by atoms with Crippen molar-refractivity contribution in [1.29, 1.82) is 5.26 Å². The zero-order valence-corrected chi connectivity index (χ0v) is 12.0. The molecule has 1 saturated carbocycles. The Morgan fingerprint density at radius 3 is 2.39 bits per heavy atom. The summed E-state index contributed by atoms with van der Waals surface area (Å²) in [5.74, 6) is 0.616. The fourth-order valence-corrected chi connectivity index (χ4v) is 2.64. The summed E-state index contributed by atoms with van der Waals surface area (Å²) in [6.07, 6.45) is 4.66. The van der Waals surface area contributed by atoms with Crippen molar-refractivity contribution in [3.63, 3.8) is 0 Å². The minimum Gasteiger partial charge on any atom is -0.500 e.